The standard InChI is InChI=1S/C19H30BrN3O2S/c1-5-23(6-2)14(3)13-21-19(25)17(11-12-26-4)22-18(24)15-9-7-8-10-16(15)20/h7-10,14,17H,5-6,11-13H2,1-4H3,(H,21,25)(H,22,24). The zero-order valence-electron chi connectivity index (χ0n) is 16.0. The van der Waals surface area contributed by atoms with E-state index >= 15 is 0 Å². The number of nitrogens with zero attached hydrogens (tertiary/aromatic N) is 1. The summed E-state index contributed by atoms with van der Waals surface area (Å²) in [5.41, 5.74) is 0.533. The molecule has 146 valence electrons. The minimum atomic E-state index is -0.536. The van der Waals surface area contributed by atoms with Gasteiger partial charge in [-0.1, -0.05) is 26.0 Å². The number of carbonyl (C=O) groups excluding carboxylic acids is 2. The molecule has 2 amide bonds. The van der Waals surface area contributed by atoms with Crippen molar-refractivity contribution in [2.45, 2.75) is 39.3 Å². The third-order valence-corrected chi connectivity index (χ3v) is 5.69. The van der Waals surface area contributed by atoms with Crippen LogP contribution in [0.25, 0.3) is 0 Å². The van der Waals surface area contributed by atoms with E-state index < -0.39 is 6.04 Å². The van der Waals surface area contributed by atoms with Crippen molar-refractivity contribution in [1.29, 1.82) is 0 Å². The molecule has 26 heavy (non-hydrogen) atoms. The van der Waals surface area contributed by atoms with Crippen molar-refractivity contribution in [1.82, 2.24) is 15.5 Å². The lowest BCUT2D eigenvalue weighted by atomic mass is 10.1. The molecule has 0 spiro atoms. The SMILES string of the molecule is CCN(CC)C(C)CNC(=O)C(CCSC)NC(=O)c1ccccc1Br. The van der Waals surface area contributed by atoms with Crippen LogP contribution in [0.4, 0.5) is 0 Å². The van der Waals surface area contributed by atoms with Gasteiger partial charge in [-0.15, -0.1) is 0 Å². The summed E-state index contributed by atoms with van der Waals surface area (Å²) in [5, 5.41) is 5.88. The topological polar surface area (TPSA) is 61.4 Å². The Morgan fingerprint density at radius 3 is 2.46 bits per heavy atom. The van der Waals surface area contributed by atoms with Gasteiger partial charge in [0.15, 0.2) is 0 Å². The van der Waals surface area contributed by atoms with Gasteiger partial charge in [-0.3, -0.25) is 14.5 Å². The molecule has 0 aromatic heterocycles. The van der Waals surface area contributed by atoms with Gasteiger partial charge in [-0.25, -0.2) is 0 Å². The minimum Gasteiger partial charge on any atom is -0.353 e. The molecule has 2 N–H and O–H groups in total. The van der Waals surface area contributed by atoms with Crippen LogP contribution in [0.15, 0.2) is 28.7 Å². The monoisotopic (exact) mass is 443 g/mol. The van der Waals surface area contributed by atoms with Crippen molar-refractivity contribution in [3.63, 3.8) is 0 Å². The summed E-state index contributed by atoms with van der Waals surface area (Å²) in [7, 11) is 0. The summed E-state index contributed by atoms with van der Waals surface area (Å²) in [6.07, 6.45) is 2.59. The number of halogens is 1. The fraction of sp³-hybridized carbons (Fsp3) is 0.579. The smallest absolute Gasteiger partial charge is 0.253 e. The van der Waals surface area contributed by atoms with Crippen molar-refractivity contribution in [3.8, 4) is 0 Å². The Morgan fingerprint density at radius 2 is 1.88 bits per heavy atom. The first-order valence-electron chi connectivity index (χ1n) is 9.00. The van der Waals surface area contributed by atoms with E-state index in [9.17, 15) is 9.59 Å². The molecule has 2 atom stereocenters. The van der Waals surface area contributed by atoms with Crippen molar-refractivity contribution < 1.29 is 9.59 Å². The van der Waals surface area contributed by atoms with Crippen LogP contribution >= 0.6 is 27.7 Å². The van der Waals surface area contributed by atoms with Crippen LogP contribution < -0.4 is 10.6 Å². The molecular weight excluding hydrogens is 414 g/mol. The van der Waals surface area contributed by atoms with Crippen molar-refractivity contribution >= 4 is 39.5 Å². The van der Waals surface area contributed by atoms with Crippen LogP contribution in [0, 0.1) is 0 Å². The highest BCUT2D eigenvalue weighted by molar-refractivity contribution is 9.10. The molecule has 0 saturated heterocycles. The van der Waals surface area contributed by atoms with E-state index in [0.29, 0.717) is 18.5 Å². The van der Waals surface area contributed by atoms with Gasteiger partial charge in [0.25, 0.3) is 5.91 Å². The Labute approximate surface area is 169 Å². The average molecular weight is 444 g/mol. The Hall–Kier alpha value is -1.05. The number of carbonyl (C=O) groups is 2. The van der Waals surface area contributed by atoms with Crippen LogP contribution in [0.3, 0.4) is 0 Å². The van der Waals surface area contributed by atoms with E-state index in [1.54, 1.807) is 17.8 Å². The second kappa shape index (κ2) is 12.4. The number of benzene rings is 1. The number of hydrogen-bond donors (Lipinski definition) is 2. The lowest BCUT2D eigenvalue weighted by Gasteiger charge is -2.27. The number of thioether (sulfide) groups is 1. The van der Waals surface area contributed by atoms with Gasteiger partial charge in [-0.2, -0.15) is 11.8 Å². The number of nitrogens with one attached hydrogen (secondary N) is 2. The van der Waals surface area contributed by atoms with Crippen LogP contribution in [0.1, 0.15) is 37.6 Å². The van der Waals surface area contributed by atoms with Crippen LogP contribution in [-0.2, 0) is 4.79 Å². The molecule has 0 aliphatic rings. The number of rotatable bonds is 11. The first-order chi connectivity index (χ1) is 12.4. The van der Waals surface area contributed by atoms with E-state index in [0.717, 1.165) is 23.3 Å². The van der Waals surface area contributed by atoms with Crippen LogP contribution in [-0.4, -0.2) is 60.4 Å². The van der Waals surface area contributed by atoms with E-state index in [2.05, 4.69) is 52.2 Å². The largest absolute Gasteiger partial charge is 0.353 e. The summed E-state index contributed by atoms with van der Waals surface area (Å²) in [4.78, 5) is 27.5. The molecule has 1 aromatic rings. The maximum Gasteiger partial charge on any atom is 0.253 e. The maximum absolute atomic E-state index is 12.6. The second-order valence-corrected chi connectivity index (χ2v) is 7.94. The van der Waals surface area contributed by atoms with E-state index in [4.69, 9.17) is 0 Å². The molecule has 2 unspecified atom stereocenters. The molecule has 0 fully saturated rings. The molecule has 7 heteroatoms. The van der Waals surface area contributed by atoms with Gasteiger partial charge in [0, 0.05) is 17.1 Å². The Balaban J connectivity index is 2.71. The van der Waals surface area contributed by atoms with Gasteiger partial charge >= 0.3 is 0 Å². The number of likely N-dealkylation sites (N-methyl/N-ethyl adjacent to an activating group) is 1. The van der Waals surface area contributed by atoms with Gasteiger partial charge in [-0.05, 0) is 66.5 Å². The van der Waals surface area contributed by atoms with Gasteiger partial charge < -0.3 is 10.6 Å². The normalized spacial score (nSPS) is 13.3. The fourth-order valence-electron chi connectivity index (χ4n) is 2.73. The molecule has 0 heterocycles. The van der Waals surface area contributed by atoms with E-state index in [1.807, 2.05) is 24.5 Å². The maximum atomic E-state index is 12.6. The van der Waals surface area contributed by atoms with Gasteiger partial charge in [0.2, 0.25) is 5.91 Å². The molecule has 5 nitrogen and oxygen atoms in total. The van der Waals surface area contributed by atoms with Crippen molar-refractivity contribution in [2.24, 2.45) is 0 Å². The Kier molecular flexibility index (Phi) is 10.9. The predicted octanol–water partition coefficient (Wildman–Crippen LogP) is 3.15. The first kappa shape index (κ1) is 23.0. The molecule has 0 aliphatic heterocycles. The summed E-state index contributed by atoms with van der Waals surface area (Å²) in [6, 6.07) is 6.94. The summed E-state index contributed by atoms with van der Waals surface area (Å²) in [6.45, 7) is 8.79. The predicted molar refractivity (Wildman–Crippen MR) is 114 cm³/mol. The highest BCUT2D eigenvalue weighted by Gasteiger charge is 2.22. The Bertz CT molecular complexity index is 582. The van der Waals surface area contributed by atoms with Crippen LogP contribution in [0.5, 0.6) is 0 Å². The lowest BCUT2D eigenvalue weighted by Crippen LogP contribution is -2.50. The molecule has 0 bridgehead atoms. The Morgan fingerprint density at radius 1 is 1.23 bits per heavy atom. The zero-order chi connectivity index (χ0) is 19.5. The van der Waals surface area contributed by atoms with Crippen LogP contribution in [0.2, 0.25) is 0 Å². The molecule has 0 saturated carbocycles. The third-order valence-electron chi connectivity index (χ3n) is 4.36. The number of hydrogen-bond acceptors (Lipinski definition) is 4. The summed E-state index contributed by atoms with van der Waals surface area (Å²) in [5.74, 6) is 0.439. The average Bonchev–Trinajstić information content (AvgIpc) is 2.64. The summed E-state index contributed by atoms with van der Waals surface area (Å²) < 4.78 is 0.719. The molecule has 0 aliphatic carbocycles. The fourth-order valence-corrected chi connectivity index (χ4v) is 3.67. The first-order valence-corrected chi connectivity index (χ1v) is 11.2. The minimum absolute atomic E-state index is 0.126. The molecular formula is C19H30BrN3O2S. The summed E-state index contributed by atoms with van der Waals surface area (Å²) >= 11 is 5.05. The zero-order valence-corrected chi connectivity index (χ0v) is 18.5. The molecule has 1 rings (SSSR count). The molecule has 0 radical (unpaired) electrons. The van der Waals surface area contributed by atoms with E-state index in [-0.39, 0.29) is 17.9 Å². The third kappa shape index (κ3) is 7.29. The highest BCUT2D eigenvalue weighted by atomic mass is 79.9. The lowest BCUT2D eigenvalue weighted by molar-refractivity contribution is -0.123. The quantitative estimate of drug-likeness (QED) is 0.551. The molecule has 1 aromatic carbocycles. The van der Waals surface area contributed by atoms with E-state index in [1.165, 1.54) is 0 Å². The van der Waals surface area contributed by atoms with Crippen molar-refractivity contribution in [3.05, 3.63) is 34.3 Å². The van der Waals surface area contributed by atoms with Gasteiger partial charge in [0.1, 0.15) is 6.04 Å². The second-order valence-electron chi connectivity index (χ2n) is 6.10. The highest BCUT2D eigenvalue weighted by Crippen LogP contribution is 2.16. The number of amides is 2. The van der Waals surface area contributed by atoms with Gasteiger partial charge in [0.05, 0.1) is 5.56 Å². The van der Waals surface area contributed by atoms with Crippen molar-refractivity contribution in [2.75, 3.05) is 31.6 Å².